The van der Waals surface area contributed by atoms with Gasteiger partial charge in [-0.1, -0.05) is 6.92 Å². The van der Waals surface area contributed by atoms with E-state index in [4.69, 9.17) is 0 Å². The van der Waals surface area contributed by atoms with Crippen molar-refractivity contribution in [1.82, 2.24) is 10.3 Å². The van der Waals surface area contributed by atoms with E-state index < -0.39 is 0 Å². The Bertz CT molecular complexity index is 343. The lowest BCUT2D eigenvalue weighted by molar-refractivity contribution is 0.583. The molecule has 1 aliphatic carbocycles. The molecule has 0 bridgehead atoms. The molecule has 0 saturated heterocycles. The summed E-state index contributed by atoms with van der Waals surface area (Å²) in [4.78, 5) is 6.85. The number of hydrogen-bond acceptors (Lipinski definition) is 3. The first-order chi connectivity index (χ1) is 8.20. The molecule has 1 aromatic heterocycles. The topological polar surface area (TPSA) is 28.2 Å². The first kappa shape index (κ1) is 12.4. The minimum absolute atomic E-state index is 0.336. The first-order valence-corrected chi connectivity index (χ1v) is 6.61. The van der Waals surface area contributed by atoms with Crippen LogP contribution >= 0.6 is 0 Å². The molecule has 2 rings (SSSR count). The van der Waals surface area contributed by atoms with Crippen LogP contribution in [0.4, 0.5) is 5.69 Å². The van der Waals surface area contributed by atoms with Crippen LogP contribution in [0.3, 0.4) is 0 Å². The van der Waals surface area contributed by atoms with Crippen molar-refractivity contribution in [3.63, 3.8) is 0 Å². The van der Waals surface area contributed by atoms with Crippen LogP contribution in [0.2, 0.25) is 0 Å². The van der Waals surface area contributed by atoms with Crippen LogP contribution in [0.1, 0.15) is 38.4 Å². The zero-order valence-electron chi connectivity index (χ0n) is 11.1. The summed E-state index contributed by atoms with van der Waals surface area (Å²) in [5.74, 6) is 0.917. The van der Waals surface area contributed by atoms with Gasteiger partial charge in [-0.15, -0.1) is 0 Å². The third-order valence-electron chi connectivity index (χ3n) is 3.39. The number of anilines is 1. The molecule has 1 N–H and O–H groups in total. The Morgan fingerprint density at radius 2 is 2.24 bits per heavy atom. The molecule has 0 radical (unpaired) electrons. The van der Waals surface area contributed by atoms with Crippen LogP contribution in [0.5, 0.6) is 0 Å². The van der Waals surface area contributed by atoms with Crippen molar-refractivity contribution in [3.05, 3.63) is 24.0 Å². The molecule has 1 aliphatic rings. The largest absolute Gasteiger partial charge is 0.373 e. The quantitative estimate of drug-likeness (QED) is 0.818. The summed E-state index contributed by atoms with van der Waals surface area (Å²) >= 11 is 0. The molecule has 1 heterocycles. The van der Waals surface area contributed by atoms with E-state index in [9.17, 15) is 0 Å². The van der Waals surface area contributed by atoms with Gasteiger partial charge in [0.1, 0.15) is 0 Å². The standard InChI is InChI=1S/C14H23N3/c1-4-15-11(2)14-8-7-13(9-16-14)17(3)10-12-5-6-12/h7-9,11-12,15H,4-6,10H2,1-3H3. The zero-order valence-corrected chi connectivity index (χ0v) is 11.1. The van der Waals surface area contributed by atoms with Gasteiger partial charge in [0.2, 0.25) is 0 Å². The second kappa shape index (κ2) is 5.50. The van der Waals surface area contributed by atoms with Gasteiger partial charge in [0.15, 0.2) is 0 Å². The number of pyridine rings is 1. The molecule has 3 nitrogen and oxygen atoms in total. The van der Waals surface area contributed by atoms with E-state index in [0.29, 0.717) is 6.04 Å². The Kier molecular flexibility index (Phi) is 4.00. The summed E-state index contributed by atoms with van der Waals surface area (Å²) in [7, 11) is 2.16. The van der Waals surface area contributed by atoms with Crippen LogP contribution < -0.4 is 10.2 Å². The zero-order chi connectivity index (χ0) is 12.3. The van der Waals surface area contributed by atoms with Crippen LogP contribution in [-0.4, -0.2) is 25.1 Å². The van der Waals surface area contributed by atoms with Crippen molar-refractivity contribution < 1.29 is 0 Å². The van der Waals surface area contributed by atoms with E-state index in [1.807, 2.05) is 6.20 Å². The average molecular weight is 233 g/mol. The molecule has 0 aliphatic heterocycles. The summed E-state index contributed by atoms with van der Waals surface area (Å²) in [6.07, 6.45) is 4.78. The molecule has 0 aromatic carbocycles. The highest BCUT2D eigenvalue weighted by Crippen LogP contribution is 2.30. The smallest absolute Gasteiger partial charge is 0.0572 e. The van der Waals surface area contributed by atoms with Gasteiger partial charge < -0.3 is 10.2 Å². The van der Waals surface area contributed by atoms with Crippen LogP contribution in [0.25, 0.3) is 0 Å². The van der Waals surface area contributed by atoms with Crippen molar-refractivity contribution in [3.8, 4) is 0 Å². The second-order valence-electron chi connectivity index (χ2n) is 5.04. The highest BCUT2D eigenvalue weighted by molar-refractivity contribution is 5.44. The molecule has 1 saturated carbocycles. The second-order valence-corrected chi connectivity index (χ2v) is 5.04. The van der Waals surface area contributed by atoms with Crippen LogP contribution in [-0.2, 0) is 0 Å². The Balaban J connectivity index is 1.96. The maximum absolute atomic E-state index is 4.54. The maximum atomic E-state index is 4.54. The third kappa shape index (κ3) is 3.43. The van der Waals surface area contributed by atoms with Crippen molar-refractivity contribution in [2.45, 2.75) is 32.7 Å². The molecule has 0 spiro atoms. The van der Waals surface area contributed by atoms with Gasteiger partial charge in [-0.2, -0.15) is 0 Å². The summed E-state index contributed by atoms with van der Waals surface area (Å²) in [5, 5.41) is 3.38. The Hall–Kier alpha value is -1.09. The van der Waals surface area contributed by atoms with E-state index >= 15 is 0 Å². The van der Waals surface area contributed by atoms with Gasteiger partial charge in [0.25, 0.3) is 0 Å². The lowest BCUT2D eigenvalue weighted by Gasteiger charge is -2.19. The molecule has 1 unspecified atom stereocenters. The number of hydrogen-bond donors (Lipinski definition) is 1. The Morgan fingerprint density at radius 1 is 1.47 bits per heavy atom. The van der Waals surface area contributed by atoms with Crippen molar-refractivity contribution in [1.29, 1.82) is 0 Å². The Labute approximate surface area is 104 Å². The average Bonchev–Trinajstić information content (AvgIpc) is 3.13. The van der Waals surface area contributed by atoms with Gasteiger partial charge in [-0.3, -0.25) is 4.98 Å². The van der Waals surface area contributed by atoms with E-state index in [0.717, 1.165) is 18.2 Å². The molecule has 0 amide bonds. The maximum Gasteiger partial charge on any atom is 0.0572 e. The number of nitrogens with one attached hydrogen (secondary N) is 1. The summed E-state index contributed by atoms with van der Waals surface area (Å²) < 4.78 is 0. The Morgan fingerprint density at radius 3 is 2.76 bits per heavy atom. The van der Waals surface area contributed by atoms with E-state index in [1.54, 1.807) is 0 Å². The van der Waals surface area contributed by atoms with Crippen molar-refractivity contribution >= 4 is 5.69 Å². The normalized spacial score (nSPS) is 16.9. The van der Waals surface area contributed by atoms with Crippen LogP contribution in [0.15, 0.2) is 18.3 Å². The third-order valence-corrected chi connectivity index (χ3v) is 3.39. The predicted molar refractivity (Wildman–Crippen MR) is 72.3 cm³/mol. The number of rotatable bonds is 6. The van der Waals surface area contributed by atoms with E-state index in [2.05, 4.69) is 48.2 Å². The molecular weight excluding hydrogens is 210 g/mol. The summed E-state index contributed by atoms with van der Waals surface area (Å²) in [6, 6.07) is 4.65. The van der Waals surface area contributed by atoms with Gasteiger partial charge in [0, 0.05) is 19.6 Å². The fourth-order valence-corrected chi connectivity index (χ4v) is 2.08. The lowest BCUT2D eigenvalue weighted by Crippen LogP contribution is -2.21. The summed E-state index contributed by atoms with van der Waals surface area (Å²) in [6.45, 7) is 6.42. The highest BCUT2D eigenvalue weighted by Gasteiger charge is 2.23. The fraction of sp³-hybridized carbons (Fsp3) is 0.643. The highest BCUT2D eigenvalue weighted by atomic mass is 15.1. The minimum atomic E-state index is 0.336. The van der Waals surface area contributed by atoms with Crippen molar-refractivity contribution in [2.75, 3.05) is 25.0 Å². The SMILES string of the molecule is CCNC(C)c1ccc(N(C)CC2CC2)cn1. The van der Waals surface area contributed by atoms with E-state index in [1.165, 1.54) is 25.1 Å². The monoisotopic (exact) mass is 233 g/mol. The fourth-order valence-electron chi connectivity index (χ4n) is 2.08. The molecule has 1 fully saturated rings. The first-order valence-electron chi connectivity index (χ1n) is 6.61. The molecule has 94 valence electrons. The molecule has 1 atom stereocenters. The molecule has 1 aromatic rings. The van der Waals surface area contributed by atoms with Gasteiger partial charge in [0.05, 0.1) is 17.6 Å². The molecule has 17 heavy (non-hydrogen) atoms. The predicted octanol–water partition coefficient (Wildman–Crippen LogP) is 2.60. The minimum Gasteiger partial charge on any atom is -0.373 e. The van der Waals surface area contributed by atoms with Gasteiger partial charge in [-0.05, 0) is 44.4 Å². The lowest BCUT2D eigenvalue weighted by atomic mass is 10.2. The van der Waals surface area contributed by atoms with Crippen LogP contribution in [0, 0.1) is 5.92 Å². The van der Waals surface area contributed by atoms with E-state index in [-0.39, 0.29) is 0 Å². The number of nitrogens with zero attached hydrogens (tertiary/aromatic N) is 2. The van der Waals surface area contributed by atoms with Crippen molar-refractivity contribution in [2.24, 2.45) is 5.92 Å². The van der Waals surface area contributed by atoms with Gasteiger partial charge in [-0.25, -0.2) is 0 Å². The molecule has 3 heteroatoms. The summed E-state index contributed by atoms with van der Waals surface area (Å²) in [5.41, 5.74) is 2.35. The number of aromatic nitrogens is 1. The molecular formula is C14H23N3. The van der Waals surface area contributed by atoms with Gasteiger partial charge >= 0.3 is 0 Å².